The van der Waals surface area contributed by atoms with Crippen molar-refractivity contribution in [3.8, 4) is 6.07 Å². The molecular weight excluding hydrogens is 276 g/mol. The molecule has 3 heteroatoms. The van der Waals surface area contributed by atoms with Gasteiger partial charge in [0.15, 0.2) is 0 Å². The van der Waals surface area contributed by atoms with E-state index in [0.717, 1.165) is 19.3 Å². The van der Waals surface area contributed by atoms with Crippen molar-refractivity contribution in [1.82, 2.24) is 5.32 Å². The summed E-state index contributed by atoms with van der Waals surface area (Å²) >= 11 is 1.99. The summed E-state index contributed by atoms with van der Waals surface area (Å²) in [6.07, 6.45) is 9.51. The highest BCUT2D eigenvalue weighted by molar-refractivity contribution is 8.00. The lowest BCUT2D eigenvalue weighted by molar-refractivity contribution is 0.420. The summed E-state index contributed by atoms with van der Waals surface area (Å²) in [6.45, 7) is 0. The van der Waals surface area contributed by atoms with E-state index in [1.165, 1.54) is 37.0 Å². The lowest BCUT2D eigenvalue weighted by Gasteiger charge is -2.22. The lowest BCUT2D eigenvalue weighted by atomic mass is 10.00. The first kappa shape index (κ1) is 13.7. The van der Waals surface area contributed by atoms with E-state index in [0.29, 0.717) is 11.3 Å². The van der Waals surface area contributed by atoms with Crippen molar-refractivity contribution in [3.05, 3.63) is 29.3 Å². The van der Waals surface area contributed by atoms with Crippen LogP contribution in [0.2, 0.25) is 0 Å². The van der Waals surface area contributed by atoms with Crippen molar-refractivity contribution in [1.29, 1.82) is 5.26 Å². The summed E-state index contributed by atoms with van der Waals surface area (Å²) in [5.74, 6) is 0. The van der Waals surface area contributed by atoms with E-state index >= 15 is 0 Å². The average Bonchev–Trinajstić information content (AvgIpc) is 3.02. The van der Waals surface area contributed by atoms with Gasteiger partial charge in [-0.15, -0.1) is 11.8 Å². The SMILES string of the molecule is N#CC1(NC2CC2)CCC(Sc2ccc3c(c2)CCC3)C1. The molecule has 1 aromatic rings. The summed E-state index contributed by atoms with van der Waals surface area (Å²) in [4.78, 5) is 1.40. The molecule has 0 radical (unpaired) electrons. The Bertz CT molecular complexity index is 587. The molecule has 0 spiro atoms. The van der Waals surface area contributed by atoms with E-state index in [4.69, 9.17) is 0 Å². The van der Waals surface area contributed by atoms with Gasteiger partial charge in [0.25, 0.3) is 0 Å². The van der Waals surface area contributed by atoms with E-state index in [9.17, 15) is 5.26 Å². The molecule has 0 amide bonds. The van der Waals surface area contributed by atoms with E-state index in [1.807, 2.05) is 11.8 Å². The third-order valence-electron chi connectivity index (χ3n) is 5.11. The lowest BCUT2D eigenvalue weighted by Crippen LogP contribution is -2.43. The quantitative estimate of drug-likeness (QED) is 0.917. The van der Waals surface area contributed by atoms with E-state index in [-0.39, 0.29) is 5.54 Å². The molecule has 0 aliphatic heterocycles. The van der Waals surface area contributed by atoms with Crippen molar-refractivity contribution in [3.63, 3.8) is 0 Å². The summed E-state index contributed by atoms with van der Waals surface area (Å²) in [5.41, 5.74) is 2.86. The van der Waals surface area contributed by atoms with Gasteiger partial charge in [-0.3, -0.25) is 5.32 Å². The molecule has 2 unspecified atom stereocenters. The number of nitrogens with one attached hydrogen (secondary N) is 1. The molecular formula is C18H22N2S. The normalized spacial score (nSPS) is 31.1. The Labute approximate surface area is 131 Å². The number of benzene rings is 1. The highest BCUT2D eigenvalue weighted by atomic mass is 32.2. The number of nitrogens with zero attached hydrogens (tertiary/aromatic N) is 1. The van der Waals surface area contributed by atoms with Crippen LogP contribution in [0.3, 0.4) is 0 Å². The van der Waals surface area contributed by atoms with Gasteiger partial charge in [-0.1, -0.05) is 6.07 Å². The molecule has 4 rings (SSSR count). The Kier molecular flexibility index (Phi) is 3.47. The molecule has 1 N–H and O–H groups in total. The second-order valence-corrected chi connectivity index (χ2v) is 8.25. The summed E-state index contributed by atoms with van der Waals surface area (Å²) < 4.78 is 0. The zero-order valence-electron chi connectivity index (χ0n) is 12.4. The number of rotatable bonds is 4. The minimum Gasteiger partial charge on any atom is -0.297 e. The number of hydrogen-bond donors (Lipinski definition) is 1. The molecule has 2 atom stereocenters. The van der Waals surface area contributed by atoms with Crippen LogP contribution in [0.4, 0.5) is 0 Å². The Morgan fingerprint density at radius 1 is 1.19 bits per heavy atom. The molecule has 0 heterocycles. The molecule has 2 saturated carbocycles. The van der Waals surface area contributed by atoms with Gasteiger partial charge in [0, 0.05) is 16.2 Å². The van der Waals surface area contributed by atoms with Gasteiger partial charge in [0.2, 0.25) is 0 Å². The molecule has 3 aliphatic rings. The number of thioether (sulfide) groups is 1. The minimum atomic E-state index is -0.241. The van der Waals surface area contributed by atoms with Crippen LogP contribution in [0, 0.1) is 11.3 Å². The van der Waals surface area contributed by atoms with E-state index in [1.54, 1.807) is 11.1 Å². The fraction of sp³-hybridized carbons (Fsp3) is 0.611. The molecule has 0 saturated heterocycles. The number of nitriles is 1. The second kappa shape index (κ2) is 5.34. The maximum absolute atomic E-state index is 9.58. The molecule has 3 aliphatic carbocycles. The van der Waals surface area contributed by atoms with Gasteiger partial charge >= 0.3 is 0 Å². The van der Waals surface area contributed by atoms with Crippen LogP contribution >= 0.6 is 11.8 Å². The predicted octanol–water partition coefficient (Wildman–Crippen LogP) is 3.83. The Morgan fingerprint density at radius 3 is 2.86 bits per heavy atom. The van der Waals surface area contributed by atoms with Crippen LogP contribution in [0.5, 0.6) is 0 Å². The first-order valence-electron chi connectivity index (χ1n) is 8.24. The number of hydrogen-bond acceptors (Lipinski definition) is 3. The standard InChI is InChI=1S/C18H22N2S/c19-12-18(20-15-5-6-15)9-8-17(11-18)21-16-7-4-13-2-1-3-14(13)10-16/h4,7,10,15,17,20H,1-3,5-6,8-9,11H2. The third-order valence-corrected chi connectivity index (χ3v) is 6.38. The zero-order valence-corrected chi connectivity index (χ0v) is 13.2. The van der Waals surface area contributed by atoms with Crippen LogP contribution in [-0.4, -0.2) is 16.8 Å². The first-order valence-corrected chi connectivity index (χ1v) is 9.12. The van der Waals surface area contributed by atoms with E-state index in [2.05, 4.69) is 29.6 Å². The molecule has 2 fully saturated rings. The van der Waals surface area contributed by atoms with Gasteiger partial charge in [-0.05, 0) is 74.6 Å². The minimum absolute atomic E-state index is 0.241. The molecule has 110 valence electrons. The van der Waals surface area contributed by atoms with Gasteiger partial charge in [0.1, 0.15) is 5.54 Å². The predicted molar refractivity (Wildman–Crippen MR) is 86.5 cm³/mol. The van der Waals surface area contributed by atoms with Crippen molar-refractivity contribution in [2.45, 2.75) is 73.1 Å². The number of fused-ring (bicyclic) bond motifs is 1. The molecule has 1 aromatic carbocycles. The number of aryl methyl sites for hydroxylation is 2. The van der Waals surface area contributed by atoms with Crippen molar-refractivity contribution < 1.29 is 0 Å². The summed E-state index contributed by atoms with van der Waals surface area (Å²) in [6, 6.07) is 10.2. The van der Waals surface area contributed by atoms with Gasteiger partial charge in [-0.2, -0.15) is 5.26 Å². The Hall–Kier alpha value is -0.980. The highest BCUT2D eigenvalue weighted by Crippen LogP contribution is 2.42. The second-order valence-electron chi connectivity index (χ2n) is 6.88. The Balaban J connectivity index is 1.42. The monoisotopic (exact) mass is 298 g/mol. The third kappa shape index (κ3) is 2.84. The van der Waals surface area contributed by atoms with Gasteiger partial charge < -0.3 is 0 Å². The van der Waals surface area contributed by atoms with Crippen LogP contribution in [-0.2, 0) is 12.8 Å². The van der Waals surface area contributed by atoms with Crippen LogP contribution in [0.15, 0.2) is 23.1 Å². The van der Waals surface area contributed by atoms with Crippen LogP contribution < -0.4 is 5.32 Å². The molecule has 0 bridgehead atoms. The zero-order chi connectivity index (χ0) is 14.3. The topological polar surface area (TPSA) is 35.8 Å². The molecule has 0 aromatic heterocycles. The van der Waals surface area contributed by atoms with Crippen molar-refractivity contribution in [2.24, 2.45) is 0 Å². The van der Waals surface area contributed by atoms with Gasteiger partial charge in [-0.25, -0.2) is 0 Å². The van der Waals surface area contributed by atoms with Crippen LogP contribution in [0.1, 0.15) is 49.7 Å². The van der Waals surface area contributed by atoms with Crippen molar-refractivity contribution >= 4 is 11.8 Å². The van der Waals surface area contributed by atoms with Gasteiger partial charge in [0.05, 0.1) is 6.07 Å². The smallest absolute Gasteiger partial charge is 0.108 e. The molecule has 21 heavy (non-hydrogen) atoms. The fourth-order valence-electron chi connectivity index (χ4n) is 3.80. The first-order chi connectivity index (χ1) is 10.3. The maximum Gasteiger partial charge on any atom is 0.108 e. The van der Waals surface area contributed by atoms with Crippen LogP contribution in [0.25, 0.3) is 0 Å². The molecule has 2 nitrogen and oxygen atoms in total. The fourth-order valence-corrected chi connectivity index (χ4v) is 5.14. The maximum atomic E-state index is 9.58. The summed E-state index contributed by atoms with van der Waals surface area (Å²) in [5, 5.41) is 13.8. The average molecular weight is 298 g/mol. The van der Waals surface area contributed by atoms with Crippen molar-refractivity contribution in [2.75, 3.05) is 0 Å². The largest absolute Gasteiger partial charge is 0.297 e. The van der Waals surface area contributed by atoms with E-state index < -0.39 is 0 Å². The summed E-state index contributed by atoms with van der Waals surface area (Å²) in [7, 11) is 0. The highest BCUT2D eigenvalue weighted by Gasteiger charge is 2.43. The Morgan fingerprint density at radius 2 is 2.05 bits per heavy atom.